The van der Waals surface area contributed by atoms with Crippen LogP contribution >= 0.6 is 0 Å². The van der Waals surface area contributed by atoms with Crippen molar-refractivity contribution in [3.05, 3.63) is 23.8 Å². The number of unbranched alkanes of at least 4 members (excludes halogenated alkanes) is 1. The predicted molar refractivity (Wildman–Crippen MR) is 71.9 cm³/mol. The second-order valence-corrected chi connectivity index (χ2v) is 4.36. The van der Waals surface area contributed by atoms with Crippen LogP contribution in [-0.4, -0.2) is 20.3 Å². The molecule has 1 N–H and O–H groups in total. The summed E-state index contributed by atoms with van der Waals surface area (Å²) in [6, 6.07) is 6.29. The first kappa shape index (κ1) is 12.8. The Balaban J connectivity index is 2.04. The van der Waals surface area contributed by atoms with Gasteiger partial charge in [-0.15, -0.1) is 12.3 Å². The molecule has 0 bridgehead atoms. The standard InChI is InChI=1S/C15H19NO2/c1-3-4-5-9-16-14-8-10-18-15-7-6-12(17-2)11-13(14)15/h1,6-7,11,14,16H,4-5,8-10H2,2H3. The van der Waals surface area contributed by atoms with Crippen molar-refractivity contribution in [3.8, 4) is 23.8 Å². The van der Waals surface area contributed by atoms with Gasteiger partial charge in [0.25, 0.3) is 0 Å². The quantitative estimate of drug-likeness (QED) is 0.638. The van der Waals surface area contributed by atoms with E-state index in [1.165, 1.54) is 5.56 Å². The molecule has 1 aliphatic rings. The number of terminal acetylenes is 1. The Labute approximate surface area is 108 Å². The molecule has 1 unspecified atom stereocenters. The summed E-state index contributed by atoms with van der Waals surface area (Å²) in [6.07, 6.45) is 8.06. The molecule has 2 rings (SSSR count). The van der Waals surface area contributed by atoms with Crippen LogP contribution in [0.15, 0.2) is 18.2 Å². The summed E-state index contributed by atoms with van der Waals surface area (Å²) in [7, 11) is 1.68. The molecule has 0 amide bonds. The van der Waals surface area contributed by atoms with Gasteiger partial charge in [-0.1, -0.05) is 0 Å². The van der Waals surface area contributed by atoms with Gasteiger partial charge in [-0.2, -0.15) is 0 Å². The summed E-state index contributed by atoms with van der Waals surface area (Å²) in [5.74, 6) is 4.48. The van der Waals surface area contributed by atoms with Gasteiger partial charge < -0.3 is 14.8 Å². The van der Waals surface area contributed by atoms with Crippen LogP contribution in [-0.2, 0) is 0 Å². The molecule has 1 aromatic rings. The average molecular weight is 245 g/mol. The van der Waals surface area contributed by atoms with Crippen molar-refractivity contribution in [1.29, 1.82) is 0 Å². The Hall–Kier alpha value is -1.66. The van der Waals surface area contributed by atoms with E-state index in [-0.39, 0.29) is 0 Å². The Morgan fingerprint density at radius 3 is 3.22 bits per heavy atom. The lowest BCUT2D eigenvalue weighted by molar-refractivity contribution is 0.252. The minimum absolute atomic E-state index is 0.335. The summed E-state index contributed by atoms with van der Waals surface area (Å²) < 4.78 is 10.9. The third-order valence-electron chi connectivity index (χ3n) is 3.15. The molecule has 0 aromatic heterocycles. The molecule has 1 aliphatic heterocycles. The van der Waals surface area contributed by atoms with E-state index in [1.54, 1.807) is 7.11 Å². The van der Waals surface area contributed by atoms with Crippen molar-refractivity contribution in [3.63, 3.8) is 0 Å². The van der Waals surface area contributed by atoms with Gasteiger partial charge in [-0.05, 0) is 31.2 Å². The second kappa shape index (κ2) is 6.32. The zero-order valence-electron chi connectivity index (χ0n) is 10.7. The molecular formula is C15H19NO2. The SMILES string of the molecule is C#CCCCNC1CCOc2ccc(OC)cc21. The van der Waals surface area contributed by atoms with Crippen molar-refractivity contribution in [1.82, 2.24) is 5.32 Å². The maximum Gasteiger partial charge on any atom is 0.124 e. The normalized spacial score (nSPS) is 17.4. The molecule has 3 heteroatoms. The zero-order chi connectivity index (χ0) is 12.8. The number of fused-ring (bicyclic) bond motifs is 1. The number of hydrogen-bond acceptors (Lipinski definition) is 3. The Kier molecular flexibility index (Phi) is 4.49. The molecular weight excluding hydrogens is 226 g/mol. The fourth-order valence-electron chi connectivity index (χ4n) is 2.18. The minimum atomic E-state index is 0.335. The van der Waals surface area contributed by atoms with Gasteiger partial charge in [-0.3, -0.25) is 0 Å². The largest absolute Gasteiger partial charge is 0.497 e. The lowest BCUT2D eigenvalue weighted by Crippen LogP contribution is -2.27. The fraction of sp³-hybridized carbons (Fsp3) is 0.467. The molecule has 0 spiro atoms. The van der Waals surface area contributed by atoms with E-state index in [2.05, 4.69) is 11.2 Å². The molecule has 18 heavy (non-hydrogen) atoms. The highest BCUT2D eigenvalue weighted by molar-refractivity contribution is 5.43. The van der Waals surface area contributed by atoms with Crippen molar-refractivity contribution in [2.75, 3.05) is 20.3 Å². The van der Waals surface area contributed by atoms with Crippen LogP contribution in [0.4, 0.5) is 0 Å². The molecule has 1 atom stereocenters. The molecule has 0 saturated carbocycles. The summed E-state index contributed by atoms with van der Waals surface area (Å²) in [6.45, 7) is 1.69. The highest BCUT2D eigenvalue weighted by atomic mass is 16.5. The molecule has 0 aliphatic carbocycles. The van der Waals surface area contributed by atoms with E-state index in [0.717, 1.165) is 43.9 Å². The maximum absolute atomic E-state index is 5.65. The molecule has 1 aromatic carbocycles. The molecule has 0 saturated heterocycles. The van der Waals surface area contributed by atoms with Crippen LogP contribution in [0, 0.1) is 12.3 Å². The van der Waals surface area contributed by atoms with Gasteiger partial charge in [0.15, 0.2) is 0 Å². The monoisotopic (exact) mass is 245 g/mol. The van der Waals surface area contributed by atoms with Crippen LogP contribution in [0.25, 0.3) is 0 Å². The Morgan fingerprint density at radius 1 is 1.56 bits per heavy atom. The number of ether oxygens (including phenoxy) is 2. The second-order valence-electron chi connectivity index (χ2n) is 4.36. The van der Waals surface area contributed by atoms with E-state index >= 15 is 0 Å². The number of benzene rings is 1. The van der Waals surface area contributed by atoms with Crippen LogP contribution in [0.3, 0.4) is 0 Å². The number of methoxy groups -OCH3 is 1. The Bertz CT molecular complexity index is 437. The minimum Gasteiger partial charge on any atom is -0.497 e. The molecule has 3 nitrogen and oxygen atoms in total. The Morgan fingerprint density at radius 2 is 2.44 bits per heavy atom. The highest BCUT2D eigenvalue weighted by Crippen LogP contribution is 2.34. The van der Waals surface area contributed by atoms with Gasteiger partial charge in [0.05, 0.1) is 13.7 Å². The first-order chi connectivity index (χ1) is 8.85. The van der Waals surface area contributed by atoms with Crippen LogP contribution in [0.5, 0.6) is 11.5 Å². The lowest BCUT2D eigenvalue weighted by atomic mass is 10.00. The fourth-order valence-corrected chi connectivity index (χ4v) is 2.18. The highest BCUT2D eigenvalue weighted by Gasteiger charge is 2.21. The third-order valence-corrected chi connectivity index (χ3v) is 3.15. The third kappa shape index (κ3) is 2.96. The van der Waals surface area contributed by atoms with Gasteiger partial charge in [0.2, 0.25) is 0 Å². The van der Waals surface area contributed by atoms with Crippen molar-refractivity contribution in [2.45, 2.75) is 25.3 Å². The van der Waals surface area contributed by atoms with Crippen LogP contribution in [0.1, 0.15) is 30.9 Å². The predicted octanol–water partition coefficient (Wildman–Crippen LogP) is 2.52. The van der Waals surface area contributed by atoms with Gasteiger partial charge in [-0.25, -0.2) is 0 Å². The first-order valence-corrected chi connectivity index (χ1v) is 6.32. The molecule has 1 heterocycles. The van der Waals surface area contributed by atoms with Gasteiger partial charge in [0.1, 0.15) is 11.5 Å². The molecule has 96 valence electrons. The van der Waals surface area contributed by atoms with Gasteiger partial charge in [0, 0.05) is 24.4 Å². The summed E-state index contributed by atoms with van der Waals surface area (Å²) in [5, 5.41) is 3.53. The number of rotatable bonds is 5. The molecule has 0 fully saturated rings. The van der Waals surface area contributed by atoms with E-state index in [4.69, 9.17) is 15.9 Å². The van der Waals surface area contributed by atoms with E-state index in [1.807, 2.05) is 18.2 Å². The summed E-state index contributed by atoms with van der Waals surface area (Å²) in [5.41, 5.74) is 1.18. The lowest BCUT2D eigenvalue weighted by Gasteiger charge is -2.27. The van der Waals surface area contributed by atoms with E-state index in [9.17, 15) is 0 Å². The van der Waals surface area contributed by atoms with E-state index < -0.39 is 0 Å². The van der Waals surface area contributed by atoms with E-state index in [0.29, 0.717) is 6.04 Å². The zero-order valence-corrected chi connectivity index (χ0v) is 10.7. The summed E-state index contributed by atoms with van der Waals surface area (Å²) in [4.78, 5) is 0. The topological polar surface area (TPSA) is 30.5 Å². The van der Waals surface area contributed by atoms with Crippen molar-refractivity contribution in [2.24, 2.45) is 0 Å². The molecule has 0 radical (unpaired) electrons. The van der Waals surface area contributed by atoms with Crippen LogP contribution < -0.4 is 14.8 Å². The van der Waals surface area contributed by atoms with Crippen molar-refractivity contribution < 1.29 is 9.47 Å². The van der Waals surface area contributed by atoms with Gasteiger partial charge >= 0.3 is 0 Å². The number of nitrogens with one attached hydrogen (secondary N) is 1. The van der Waals surface area contributed by atoms with Crippen molar-refractivity contribution >= 4 is 0 Å². The first-order valence-electron chi connectivity index (χ1n) is 6.32. The smallest absolute Gasteiger partial charge is 0.124 e. The maximum atomic E-state index is 5.65. The summed E-state index contributed by atoms with van der Waals surface area (Å²) >= 11 is 0. The number of hydrogen-bond donors (Lipinski definition) is 1. The average Bonchev–Trinajstić information content (AvgIpc) is 2.43. The van der Waals surface area contributed by atoms with Crippen LogP contribution in [0.2, 0.25) is 0 Å².